The number of carbonyl (C=O) groups excluding carboxylic acids is 2. The van der Waals surface area contributed by atoms with Crippen LogP contribution >= 0.6 is 0 Å². The van der Waals surface area contributed by atoms with E-state index in [9.17, 15) is 9.59 Å². The summed E-state index contributed by atoms with van der Waals surface area (Å²) in [5.41, 5.74) is 2.41. The summed E-state index contributed by atoms with van der Waals surface area (Å²) in [5, 5.41) is 2.21. The first-order valence-corrected chi connectivity index (χ1v) is 5.83. The molecule has 4 N–H and O–H groups in total. The molecule has 0 aromatic heterocycles. The van der Waals surface area contributed by atoms with E-state index in [1.54, 1.807) is 0 Å². The van der Waals surface area contributed by atoms with E-state index in [4.69, 9.17) is 10.6 Å². The molecule has 0 radical (unpaired) electrons. The average molecular weight is 257 g/mol. The lowest BCUT2D eigenvalue weighted by molar-refractivity contribution is -0.134. The van der Waals surface area contributed by atoms with E-state index in [2.05, 4.69) is 15.7 Å². The first kappa shape index (κ1) is 14.4. The molecule has 1 aliphatic heterocycles. The largest absolute Gasteiger partial charge is 0.382 e. The molecule has 2 amide bonds. The van der Waals surface area contributed by atoms with Gasteiger partial charge in [-0.05, 0) is 13.3 Å². The number of aliphatic imine (C=N–C) groups is 1. The molecule has 1 fully saturated rings. The van der Waals surface area contributed by atoms with Gasteiger partial charge in [-0.2, -0.15) is 0 Å². The number of hydrogen-bond acceptors (Lipinski definition) is 5. The summed E-state index contributed by atoms with van der Waals surface area (Å²) in [6, 6.07) is 0. The zero-order chi connectivity index (χ0) is 13.4. The molecule has 0 spiro atoms. The third-order valence-corrected chi connectivity index (χ3v) is 2.29. The van der Waals surface area contributed by atoms with Gasteiger partial charge in [-0.15, -0.1) is 0 Å². The van der Waals surface area contributed by atoms with Gasteiger partial charge >= 0.3 is 0 Å². The van der Waals surface area contributed by atoms with Gasteiger partial charge < -0.3 is 9.64 Å². The number of carbonyl (C=O) groups is 2. The van der Waals surface area contributed by atoms with E-state index in [1.807, 2.05) is 6.92 Å². The van der Waals surface area contributed by atoms with Crippen molar-refractivity contribution in [2.45, 2.75) is 13.3 Å². The molecule has 1 heterocycles. The number of nitrogens with one attached hydrogen (secondary N) is 2. The summed E-state index contributed by atoms with van der Waals surface area (Å²) in [6.45, 7) is 3.88. The second-order valence-electron chi connectivity index (χ2n) is 3.73. The van der Waals surface area contributed by atoms with Crippen molar-refractivity contribution < 1.29 is 14.3 Å². The van der Waals surface area contributed by atoms with Gasteiger partial charge in [-0.25, -0.2) is 5.84 Å². The minimum absolute atomic E-state index is 0.0697. The standard InChI is InChI=1S/C10H19N5O3/c1-2-18-5-3-4-12-10(14-11)15-6-8(16)13-9(17)7-15/h2-7,11H2,1H3,(H,12,14)(H,13,16,17). The van der Waals surface area contributed by atoms with Crippen LogP contribution in [0.25, 0.3) is 0 Å². The number of piperazine rings is 1. The smallest absolute Gasteiger partial charge is 0.246 e. The number of imide groups is 1. The maximum atomic E-state index is 11.2. The van der Waals surface area contributed by atoms with Gasteiger partial charge in [0.05, 0.1) is 0 Å². The lowest BCUT2D eigenvalue weighted by Crippen LogP contribution is -2.57. The number of amides is 2. The number of rotatable bonds is 5. The molecular formula is C10H19N5O3. The van der Waals surface area contributed by atoms with Crippen LogP contribution in [-0.4, -0.2) is 55.5 Å². The zero-order valence-electron chi connectivity index (χ0n) is 10.4. The van der Waals surface area contributed by atoms with Gasteiger partial charge in [0.1, 0.15) is 13.1 Å². The second kappa shape index (κ2) is 7.62. The minimum Gasteiger partial charge on any atom is -0.382 e. The molecule has 1 aliphatic rings. The van der Waals surface area contributed by atoms with Crippen LogP contribution < -0.4 is 16.6 Å². The van der Waals surface area contributed by atoms with E-state index in [0.717, 1.165) is 6.42 Å². The van der Waals surface area contributed by atoms with Crippen LogP contribution in [0.3, 0.4) is 0 Å². The Balaban J connectivity index is 2.45. The topological polar surface area (TPSA) is 109 Å². The van der Waals surface area contributed by atoms with Crippen LogP contribution in [0.2, 0.25) is 0 Å². The molecule has 0 unspecified atom stereocenters. The Morgan fingerprint density at radius 3 is 2.72 bits per heavy atom. The highest BCUT2D eigenvalue weighted by Gasteiger charge is 2.24. The number of nitrogens with two attached hydrogens (primary N) is 1. The van der Waals surface area contributed by atoms with Crippen LogP contribution in [0, 0.1) is 0 Å². The Bertz CT molecular complexity index is 315. The number of hydrogen-bond donors (Lipinski definition) is 3. The maximum absolute atomic E-state index is 11.2. The summed E-state index contributed by atoms with van der Waals surface area (Å²) >= 11 is 0. The fourth-order valence-electron chi connectivity index (χ4n) is 1.52. The predicted octanol–water partition coefficient (Wildman–Crippen LogP) is -1.81. The third-order valence-electron chi connectivity index (χ3n) is 2.29. The van der Waals surface area contributed by atoms with E-state index < -0.39 is 0 Å². The van der Waals surface area contributed by atoms with E-state index >= 15 is 0 Å². The number of nitrogens with zero attached hydrogens (tertiary/aromatic N) is 2. The number of hydrazine groups is 1. The minimum atomic E-state index is -0.358. The van der Waals surface area contributed by atoms with Crippen LogP contribution in [0.4, 0.5) is 0 Å². The molecule has 0 aromatic rings. The fourth-order valence-corrected chi connectivity index (χ4v) is 1.52. The number of guanidine groups is 1. The van der Waals surface area contributed by atoms with E-state index in [-0.39, 0.29) is 24.9 Å². The zero-order valence-corrected chi connectivity index (χ0v) is 10.4. The molecule has 8 nitrogen and oxygen atoms in total. The van der Waals surface area contributed by atoms with Gasteiger partial charge in [0.15, 0.2) is 0 Å². The third kappa shape index (κ3) is 4.68. The summed E-state index contributed by atoms with van der Waals surface area (Å²) in [7, 11) is 0. The van der Waals surface area contributed by atoms with Crippen molar-refractivity contribution in [3.8, 4) is 0 Å². The van der Waals surface area contributed by atoms with Crippen molar-refractivity contribution in [1.29, 1.82) is 0 Å². The highest BCUT2D eigenvalue weighted by molar-refractivity contribution is 6.02. The molecule has 8 heteroatoms. The number of ether oxygens (including phenoxy) is 1. The van der Waals surface area contributed by atoms with Gasteiger partial charge in [0, 0.05) is 19.8 Å². The van der Waals surface area contributed by atoms with Gasteiger partial charge in [-0.3, -0.25) is 25.3 Å². The summed E-state index contributed by atoms with van der Waals surface area (Å²) in [6.07, 6.45) is 0.757. The van der Waals surface area contributed by atoms with Crippen molar-refractivity contribution in [3.05, 3.63) is 0 Å². The van der Waals surface area contributed by atoms with Crippen LogP contribution in [0.5, 0.6) is 0 Å². The van der Waals surface area contributed by atoms with Crippen molar-refractivity contribution in [2.75, 3.05) is 32.8 Å². The Kier molecular flexibility index (Phi) is 6.09. The molecule has 0 aliphatic carbocycles. The van der Waals surface area contributed by atoms with E-state index in [0.29, 0.717) is 25.7 Å². The summed E-state index contributed by atoms with van der Waals surface area (Å²) in [5.74, 6) is 4.97. The second-order valence-corrected chi connectivity index (χ2v) is 3.73. The molecule has 102 valence electrons. The molecule has 18 heavy (non-hydrogen) atoms. The van der Waals surface area contributed by atoms with Crippen molar-refractivity contribution >= 4 is 17.8 Å². The Labute approximate surface area is 106 Å². The summed E-state index contributed by atoms with van der Waals surface area (Å²) in [4.78, 5) is 28.1. The lowest BCUT2D eigenvalue weighted by atomic mass is 10.3. The lowest BCUT2D eigenvalue weighted by Gasteiger charge is -2.27. The van der Waals surface area contributed by atoms with Crippen LogP contribution in [-0.2, 0) is 14.3 Å². The maximum Gasteiger partial charge on any atom is 0.246 e. The van der Waals surface area contributed by atoms with Crippen LogP contribution in [0.1, 0.15) is 13.3 Å². The first-order valence-electron chi connectivity index (χ1n) is 5.83. The molecule has 1 saturated heterocycles. The Morgan fingerprint density at radius 1 is 1.50 bits per heavy atom. The van der Waals surface area contributed by atoms with Crippen LogP contribution in [0.15, 0.2) is 4.99 Å². The monoisotopic (exact) mass is 257 g/mol. The first-order chi connectivity index (χ1) is 8.67. The highest BCUT2D eigenvalue weighted by atomic mass is 16.5. The Morgan fingerprint density at radius 2 is 2.17 bits per heavy atom. The molecular weight excluding hydrogens is 238 g/mol. The summed E-state index contributed by atoms with van der Waals surface area (Å²) < 4.78 is 5.18. The molecule has 0 saturated carbocycles. The van der Waals surface area contributed by atoms with Crippen molar-refractivity contribution in [2.24, 2.45) is 10.8 Å². The van der Waals surface area contributed by atoms with Crippen molar-refractivity contribution in [1.82, 2.24) is 15.6 Å². The molecule has 1 rings (SSSR count). The normalized spacial score (nSPS) is 16.8. The Hall–Kier alpha value is -1.67. The van der Waals surface area contributed by atoms with Gasteiger partial charge in [0.2, 0.25) is 17.8 Å². The van der Waals surface area contributed by atoms with Gasteiger partial charge in [0.25, 0.3) is 0 Å². The molecule has 0 atom stereocenters. The van der Waals surface area contributed by atoms with Gasteiger partial charge in [-0.1, -0.05) is 0 Å². The quantitative estimate of drug-likeness (QED) is 0.134. The fraction of sp³-hybridized carbons (Fsp3) is 0.700. The average Bonchev–Trinajstić information content (AvgIpc) is 2.32. The predicted molar refractivity (Wildman–Crippen MR) is 65.5 cm³/mol. The van der Waals surface area contributed by atoms with Crippen molar-refractivity contribution in [3.63, 3.8) is 0 Å². The SMILES string of the molecule is CCOCCCN=C(NN)N1CC(=O)NC(=O)C1. The highest BCUT2D eigenvalue weighted by Crippen LogP contribution is 1.96. The molecule has 0 aromatic carbocycles. The molecule has 0 bridgehead atoms. The van der Waals surface area contributed by atoms with E-state index in [1.165, 1.54) is 4.90 Å².